The minimum Gasteiger partial charge on any atom is -0.338 e. The zero-order chi connectivity index (χ0) is 11.5. The van der Waals surface area contributed by atoms with Gasteiger partial charge in [-0.15, -0.1) is 0 Å². The molecule has 0 saturated carbocycles. The second-order valence-corrected chi connectivity index (χ2v) is 4.70. The Kier molecular flexibility index (Phi) is 3.29. The number of thioether (sulfide) groups is 1. The van der Waals surface area contributed by atoms with Gasteiger partial charge in [-0.25, -0.2) is 4.39 Å². The van der Waals surface area contributed by atoms with Gasteiger partial charge in [0, 0.05) is 17.0 Å². The predicted octanol–water partition coefficient (Wildman–Crippen LogP) is 2.84. The summed E-state index contributed by atoms with van der Waals surface area (Å²) < 4.78 is 13.5. The molecule has 0 spiro atoms. The van der Waals surface area contributed by atoms with Gasteiger partial charge in [-0.05, 0) is 18.6 Å². The maximum absolute atomic E-state index is 13.5. The number of aryl methyl sites for hydroxylation is 1. The molecule has 2 nitrogen and oxygen atoms in total. The second kappa shape index (κ2) is 4.70. The van der Waals surface area contributed by atoms with Crippen molar-refractivity contribution in [2.75, 3.05) is 5.75 Å². The molecule has 0 aliphatic carbocycles. The van der Waals surface area contributed by atoms with Crippen molar-refractivity contribution in [2.24, 2.45) is 4.99 Å². The highest BCUT2D eigenvalue weighted by molar-refractivity contribution is 8.14. The van der Waals surface area contributed by atoms with E-state index in [1.807, 2.05) is 13.0 Å². The molecule has 1 heterocycles. The topological polar surface area (TPSA) is 24.4 Å². The highest BCUT2D eigenvalue weighted by atomic mass is 32.2. The molecular formula is C12H13FN2S. The van der Waals surface area contributed by atoms with Crippen LogP contribution in [0.5, 0.6) is 0 Å². The van der Waals surface area contributed by atoms with Gasteiger partial charge in [0.05, 0.1) is 6.54 Å². The molecule has 0 atom stereocenters. The van der Waals surface area contributed by atoms with E-state index in [1.165, 1.54) is 6.07 Å². The van der Waals surface area contributed by atoms with E-state index < -0.39 is 0 Å². The molecule has 1 fully saturated rings. The molecule has 0 bridgehead atoms. The fourth-order valence-electron chi connectivity index (χ4n) is 1.40. The van der Waals surface area contributed by atoms with Crippen molar-refractivity contribution >= 4 is 16.9 Å². The van der Waals surface area contributed by atoms with Gasteiger partial charge in [0.2, 0.25) is 0 Å². The van der Waals surface area contributed by atoms with Crippen LogP contribution in [0.1, 0.15) is 11.1 Å². The third-order valence-corrected chi connectivity index (χ3v) is 3.27. The normalized spacial score (nSPS) is 17.9. The molecule has 84 valence electrons. The van der Waals surface area contributed by atoms with Gasteiger partial charge in [0.25, 0.3) is 0 Å². The first-order valence-electron chi connectivity index (χ1n) is 5.02. The van der Waals surface area contributed by atoms with Crippen LogP contribution in [0.15, 0.2) is 35.5 Å². The number of halogens is 1. The summed E-state index contributed by atoms with van der Waals surface area (Å²) in [5.74, 6) is 0.654. The van der Waals surface area contributed by atoms with E-state index in [-0.39, 0.29) is 5.82 Å². The molecule has 1 aliphatic rings. The van der Waals surface area contributed by atoms with Gasteiger partial charge in [0.1, 0.15) is 5.82 Å². The van der Waals surface area contributed by atoms with Crippen LogP contribution in [-0.4, -0.2) is 10.9 Å². The molecule has 1 aromatic rings. The number of rotatable bonds is 2. The molecule has 16 heavy (non-hydrogen) atoms. The van der Waals surface area contributed by atoms with Crippen molar-refractivity contribution in [3.63, 3.8) is 0 Å². The maximum Gasteiger partial charge on any atom is 0.161 e. The summed E-state index contributed by atoms with van der Waals surface area (Å²) in [6, 6.07) is 5.21. The van der Waals surface area contributed by atoms with Crippen molar-refractivity contribution in [3.8, 4) is 0 Å². The predicted molar refractivity (Wildman–Crippen MR) is 67.0 cm³/mol. The number of benzene rings is 1. The minimum absolute atomic E-state index is 0.189. The Hall–Kier alpha value is -1.29. The Morgan fingerprint density at radius 1 is 1.56 bits per heavy atom. The molecule has 0 aromatic heterocycles. The number of nitrogens with zero attached hydrogens (tertiary/aromatic N) is 1. The molecule has 1 aliphatic heterocycles. The molecule has 0 amide bonds. The largest absolute Gasteiger partial charge is 0.338 e. The lowest BCUT2D eigenvalue weighted by Crippen LogP contribution is -2.11. The molecule has 0 unspecified atom stereocenters. The van der Waals surface area contributed by atoms with Gasteiger partial charge in [-0.3, -0.25) is 4.99 Å². The van der Waals surface area contributed by atoms with Crippen molar-refractivity contribution in [3.05, 3.63) is 47.4 Å². The fraction of sp³-hybridized carbons (Fsp3) is 0.250. The van der Waals surface area contributed by atoms with Crippen LogP contribution in [0.25, 0.3) is 0 Å². The maximum atomic E-state index is 13.5. The average molecular weight is 236 g/mol. The highest BCUT2D eigenvalue weighted by Gasteiger charge is 2.11. The van der Waals surface area contributed by atoms with E-state index in [2.05, 4.69) is 16.9 Å². The highest BCUT2D eigenvalue weighted by Crippen LogP contribution is 2.17. The van der Waals surface area contributed by atoms with Crippen LogP contribution in [0.3, 0.4) is 0 Å². The van der Waals surface area contributed by atoms with Gasteiger partial charge >= 0.3 is 0 Å². The van der Waals surface area contributed by atoms with Crippen LogP contribution < -0.4 is 5.32 Å². The quantitative estimate of drug-likeness (QED) is 0.854. The summed E-state index contributed by atoms with van der Waals surface area (Å²) in [5, 5.41) is 3.88. The molecule has 0 radical (unpaired) electrons. The third-order valence-electron chi connectivity index (χ3n) is 2.27. The summed E-state index contributed by atoms with van der Waals surface area (Å²) in [4.78, 5) is 4.30. The van der Waals surface area contributed by atoms with E-state index >= 15 is 0 Å². The summed E-state index contributed by atoms with van der Waals surface area (Å²) in [7, 11) is 0. The van der Waals surface area contributed by atoms with Crippen LogP contribution in [0, 0.1) is 12.7 Å². The van der Waals surface area contributed by atoms with Gasteiger partial charge < -0.3 is 5.32 Å². The summed E-state index contributed by atoms with van der Waals surface area (Å²) >= 11 is 1.60. The van der Waals surface area contributed by atoms with Crippen molar-refractivity contribution in [1.82, 2.24) is 5.32 Å². The number of aliphatic imine (C=N–C) groups is 1. The summed E-state index contributed by atoms with van der Waals surface area (Å²) in [6.45, 7) is 6.04. The zero-order valence-corrected chi connectivity index (χ0v) is 9.90. The van der Waals surface area contributed by atoms with Gasteiger partial charge in [-0.1, -0.05) is 30.5 Å². The lowest BCUT2D eigenvalue weighted by Gasteiger charge is -2.02. The average Bonchev–Trinajstić information content (AvgIpc) is 2.63. The van der Waals surface area contributed by atoms with Crippen LogP contribution in [0.4, 0.5) is 4.39 Å². The van der Waals surface area contributed by atoms with Crippen molar-refractivity contribution in [1.29, 1.82) is 0 Å². The van der Waals surface area contributed by atoms with E-state index in [4.69, 9.17) is 0 Å². The Balaban J connectivity index is 2.07. The number of hydrogen-bond donors (Lipinski definition) is 1. The Labute approximate surface area is 98.7 Å². The molecule has 1 saturated heterocycles. The smallest absolute Gasteiger partial charge is 0.161 e. The second-order valence-electron chi connectivity index (χ2n) is 3.73. The van der Waals surface area contributed by atoms with E-state index in [0.29, 0.717) is 12.1 Å². The standard InChI is InChI=1S/C12H13FN2S/c1-8-3-4-10(11(13)5-8)6-14-12-15-9(2)7-16-12/h3-5H,2,6-7H2,1H3,(H,14,15). The summed E-state index contributed by atoms with van der Waals surface area (Å²) in [5.41, 5.74) is 2.50. The number of hydrogen-bond acceptors (Lipinski definition) is 2. The molecular weight excluding hydrogens is 223 g/mol. The SMILES string of the molecule is C=C1CSC(=NCc2ccc(C)cc2F)N1. The van der Waals surface area contributed by atoms with Crippen molar-refractivity contribution < 1.29 is 4.39 Å². The molecule has 2 rings (SSSR count). The Morgan fingerprint density at radius 2 is 2.38 bits per heavy atom. The Morgan fingerprint density at radius 3 is 3.00 bits per heavy atom. The van der Waals surface area contributed by atoms with Gasteiger partial charge in [0.15, 0.2) is 5.17 Å². The summed E-state index contributed by atoms with van der Waals surface area (Å²) in [6.07, 6.45) is 0. The first kappa shape index (κ1) is 11.2. The number of amidine groups is 1. The number of nitrogens with one attached hydrogen (secondary N) is 1. The lowest BCUT2D eigenvalue weighted by atomic mass is 10.1. The van der Waals surface area contributed by atoms with Crippen LogP contribution in [-0.2, 0) is 6.54 Å². The first-order valence-corrected chi connectivity index (χ1v) is 6.01. The Bertz CT molecular complexity index is 454. The fourth-order valence-corrected chi connectivity index (χ4v) is 2.16. The first-order chi connectivity index (χ1) is 7.65. The van der Waals surface area contributed by atoms with Gasteiger partial charge in [-0.2, -0.15) is 0 Å². The van der Waals surface area contributed by atoms with E-state index in [9.17, 15) is 4.39 Å². The lowest BCUT2D eigenvalue weighted by molar-refractivity contribution is 0.609. The molecule has 1 N–H and O–H groups in total. The molecule has 4 heteroatoms. The zero-order valence-electron chi connectivity index (χ0n) is 9.09. The molecule has 1 aromatic carbocycles. The van der Waals surface area contributed by atoms with Crippen LogP contribution >= 0.6 is 11.8 Å². The van der Waals surface area contributed by atoms with E-state index in [0.717, 1.165) is 22.2 Å². The monoisotopic (exact) mass is 236 g/mol. The van der Waals surface area contributed by atoms with Crippen LogP contribution in [0.2, 0.25) is 0 Å². The third kappa shape index (κ3) is 2.64. The van der Waals surface area contributed by atoms with Crippen molar-refractivity contribution in [2.45, 2.75) is 13.5 Å². The van der Waals surface area contributed by atoms with E-state index in [1.54, 1.807) is 17.8 Å². The minimum atomic E-state index is -0.189.